The molecular weight excluding hydrogens is 1000 g/mol. The number of benzene rings is 10. The van der Waals surface area contributed by atoms with Gasteiger partial charge in [0.25, 0.3) is 0 Å². The molecule has 0 bridgehead atoms. The molecule has 10 aromatic carbocycles. The van der Waals surface area contributed by atoms with Gasteiger partial charge in [-0.1, -0.05) is 133 Å². The van der Waals surface area contributed by atoms with Gasteiger partial charge in [-0.2, -0.15) is 10.5 Å². The molecule has 0 unspecified atom stereocenters. The summed E-state index contributed by atoms with van der Waals surface area (Å²) < 4.78 is 17.2. The van der Waals surface area contributed by atoms with Crippen molar-refractivity contribution >= 4 is 87.2 Å². The summed E-state index contributed by atoms with van der Waals surface area (Å²) in [6.45, 7) is 0. The zero-order valence-electron chi connectivity index (χ0n) is 43.6. The predicted molar refractivity (Wildman–Crippen MR) is 326 cm³/mol. The van der Waals surface area contributed by atoms with E-state index in [0.29, 0.717) is 22.6 Å². The number of nitrogens with zero attached hydrogens (tertiary/aromatic N) is 8. The SMILES string of the molecule is N#Cc1ccc2c(c1)c1cc(C#N)ccc1n2-c1cnc2c(c1)C1(c3cc(-n4c5ccccc5c5ccccc54)cnc3-2)c2cccc(-n3c4ccccc4c4ccccc43)c2Oc2c(-n3c4ccccc4c4ccccc43)cccc21. The number of hydrogen-bond donors (Lipinski definition) is 0. The molecule has 0 radical (unpaired) electrons. The molecule has 18 rings (SSSR count). The number of aromatic nitrogens is 6. The fraction of sp³-hybridized carbons (Fsp3) is 0.0137. The van der Waals surface area contributed by atoms with E-state index in [9.17, 15) is 10.5 Å². The van der Waals surface area contributed by atoms with Crippen LogP contribution in [0.2, 0.25) is 0 Å². The second kappa shape index (κ2) is 16.3. The van der Waals surface area contributed by atoms with Gasteiger partial charge in [-0.15, -0.1) is 0 Å². The lowest BCUT2D eigenvalue weighted by atomic mass is 9.66. The molecule has 0 fully saturated rings. The third kappa shape index (κ3) is 5.67. The number of ether oxygens (including phenoxy) is 1. The van der Waals surface area contributed by atoms with Crippen LogP contribution in [-0.4, -0.2) is 28.2 Å². The second-order valence-corrected chi connectivity index (χ2v) is 21.5. The first-order valence-electron chi connectivity index (χ1n) is 27.4. The molecule has 0 saturated heterocycles. The van der Waals surface area contributed by atoms with Crippen LogP contribution in [0.4, 0.5) is 0 Å². The Labute approximate surface area is 467 Å². The average Bonchev–Trinajstić information content (AvgIpc) is 4.48. The van der Waals surface area contributed by atoms with E-state index < -0.39 is 5.41 Å². The van der Waals surface area contributed by atoms with E-state index in [1.807, 2.05) is 48.8 Å². The van der Waals surface area contributed by atoms with Gasteiger partial charge in [0.05, 0.1) is 119 Å². The van der Waals surface area contributed by atoms with Crippen molar-refractivity contribution in [2.24, 2.45) is 0 Å². The van der Waals surface area contributed by atoms with E-state index in [4.69, 9.17) is 14.7 Å². The van der Waals surface area contributed by atoms with Crippen molar-refractivity contribution in [3.63, 3.8) is 0 Å². The van der Waals surface area contributed by atoms with Gasteiger partial charge in [-0.05, 0) is 97.1 Å². The molecule has 6 aromatic heterocycles. The molecule has 2 aliphatic rings. The van der Waals surface area contributed by atoms with Crippen LogP contribution < -0.4 is 4.74 Å². The maximum absolute atomic E-state index is 10.2. The highest BCUT2D eigenvalue weighted by Gasteiger charge is 2.54. The molecule has 1 aliphatic carbocycles. The zero-order valence-corrected chi connectivity index (χ0v) is 43.6. The molecule has 7 heterocycles. The van der Waals surface area contributed by atoms with Crippen molar-refractivity contribution in [2.75, 3.05) is 0 Å². The van der Waals surface area contributed by atoms with Crippen LogP contribution in [0.15, 0.2) is 243 Å². The van der Waals surface area contributed by atoms with Crippen LogP contribution in [0.3, 0.4) is 0 Å². The largest absolute Gasteiger partial charge is 0.452 e. The molecule has 9 nitrogen and oxygen atoms in total. The van der Waals surface area contributed by atoms with Crippen molar-refractivity contribution in [3.8, 4) is 57.8 Å². The summed E-state index contributed by atoms with van der Waals surface area (Å²) in [5.41, 5.74) is 17.0. The molecular formula is C73H40N8O. The van der Waals surface area contributed by atoms with Gasteiger partial charge in [-0.3, -0.25) is 9.97 Å². The summed E-state index contributed by atoms with van der Waals surface area (Å²) in [5, 5.41) is 29.0. The maximum atomic E-state index is 10.2. The predicted octanol–water partition coefficient (Wildman–Crippen LogP) is 17.1. The Morgan fingerprint density at radius 2 is 0.646 bits per heavy atom. The fourth-order valence-corrected chi connectivity index (χ4v) is 14.3. The van der Waals surface area contributed by atoms with Crippen molar-refractivity contribution < 1.29 is 4.74 Å². The minimum absolute atomic E-state index is 0.536. The number of rotatable bonds is 4. The lowest BCUT2D eigenvalue weighted by Crippen LogP contribution is -2.33. The third-order valence-corrected chi connectivity index (χ3v) is 17.5. The first-order valence-corrected chi connectivity index (χ1v) is 27.4. The first kappa shape index (κ1) is 44.5. The Morgan fingerprint density at radius 1 is 0.317 bits per heavy atom. The lowest BCUT2D eigenvalue weighted by molar-refractivity contribution is 0.433. The highest BCUT2D eigenvalue weighted by molar-refractivity contribution is 6.13. The number of fused-ring (bicyclic) bond motifs is 21. The summed E-state index contributed by atoms with van der Waals surface area (Å²) >= 11 is 0. The molecule has 1 aliphatic heterocycles. The molecule has 0 saturated carbocycles. The Morgan fingerprint density at radius 3 is 1.00 bits per heavy atom. The molecule has 16 aromatic rings. The topological polar surface area (TPSA) is 102 Å². The quantitative estimate of drug-likeness (QED) is 0.175. The number of pyridine rings is 2. The van der Waals surface area contributed by atoms with E-state index in [1.54, 1.807) is 0 Å². The van der Waals surface area contributed by atoms with Crippen LogP contribution in [0.5, 0.6) is 11.5 Å². The highest BCUT2D eigenvalue weighted by atomic mass is 16.5. The van der Waals surface area contributed by atoms with Crippen LogP contribution in [0.25, 0.3) is 121 Å². The summed E-state index contributed by atoms with van der Waals surface area (Å²) in [7, 11) is 0. The Kier molecular flexibility index (Phi) is 8.83. The van der Waals surface area contributed by atoms with Gasteiger partial charge < -0.3 is 23.0 Å². The van der Waals surface area contributed by atoms with Crippen LogP contribution >= 0.6 is 0 Å². The number of nitriles is 2. The first-order chi connectivity index (χ1) is 40.6. The van der Waals surface area contributed by atoms with Crippen LogP contribution in [0, 0.1) is 22.7 Å². The molecule has 82 heavy (non-hydrogen) atoms. The molecule has 1 spiro atoms. The van der Waals surface area contributed by atoms with E-state index in [0.717, 1.165) is 144 Å². The van der Waals surface area contributed by atoms with Crippen LogP contribution in [-0.2, 0) is 5.41 Å². The fourth-order valence-electron chi connectivity index (χ4n) is 14.3. The Hall–Kier alpha value is -11.5. The molecule has 9 heteroatoms. The number of para-hydroxylation sites is 8. The van der Waals surface area contributed by atoms with Gasteiger partial charge in [0, 0.05) is 65.3 Å². The smallest absolute Gasteiger partial charge is 0.156 e. The summed E-state index contributed by atoms with van der Waals surface area (Å²) in [4.78, 5) is 11.2. The average molecular weight is 1050 g/mol. The zero-order chi connectivity index (χ0) is 53.9. The molecule has 0 N–H and O–H groups in total. The lowest BCUT2D eigenvalue weighted by Gasteiger charge is -2.40. The van der Waals surface area contributed by atoms with E-state index in [2.05, 4.69) is 225 Å². The van der Waals surface area contributed by atoms with Crippen LogP contribution in [0.1, 0.15) is 33.4 Å². The van der Waals surface area contributed by atoms with Gasteiger partial charge in [0.15, 0.2) is 11.5 Å². The summed E-state index contributed by atoms with van der Waals surface area (Å²) in [6, 6.07) is 85.9. The number of hydrogen-bond acceptors (Lipinski definition) is 5. The minimum atomic E-state index is -1.12. The highest BCUT2D eigenvalue weighted by Crippen LogP contribution is 2.64. The van der Waals surface area contributed by atoms with Crippen molar-refractivity contribution in [3.05, 3.63) is 276 Å². The van der Waals surface area contributed by atoms with Gasteiger partial charge in [0.1, 0.15) is 0 Å². The molecule has 378 valence electrons. The molecule has 0 atom stereocenters. The molecule has 0 amide bonds. The van der Waals surface area contributed by atoms with Gasteiger partial charge in [0.2, 0.25) is 0 Å². The van der Waals surface area contributed by atoms with Crippen molar-refractivity contribution in [1.82, 2.24) is 28.2 Å². The van der Waals surface area contributed by atoms with Gasteiger partial charge in [-0.25, -0.2) is 0 Å². The van der Waals surface area contributed by atoms with Crippen molar-refractivity contribution in [2.45, 2.75) is 5.41 Å². The Balaban J connectivity index is 1.02. The Bertz CT molecular complexity index is 5230. The van der Waals surface area contributed by atoms with Gasteiger partial charge >= 0.3 is 0 Å². The van der Waals surface area contributed by atoms with E-state index in [1.165, 1.54) is 0 Å². The second-order valence-electron chi connectivity index (χ2n) is 21.5. The normalized spacial score (nSPS) is 13.0. The summed E-state index contributed by atoms with van der Waals surface area (Å²) in [6.07, 6.45) is 3.95. The monoisotopic (exact) mass is 1040 g/mol. The standard InChI is InChI=1S/C73H40N8O/c74-39-43-31-33-65-53(35-43)54-36-44(40-75)32-34-66(54)79(65)46-38-58-70(77-42-46)69-57(37-45(41-76-69)78-59-23-7-1-15-47(59)48-16-2-8-24-60(48)78)73(58)55-21-13-29-67(80-61-25-9-3-17-49(61)50-18-4-10-26-62(50)80)71(55)82-72-56(73)22-14-30-68(72)81-63-27-11-5-19-51(63)52-20-6-12-28-64(52)81/h1-38,41-42H. The maximum Gasteiger partial charge on any atom is 0.156 e. The third-order valence-electron chi connectivity index (χ3n) is 17.5. The minimum Gasteiger partial charge on any atom is -0.452 e. The summed E-state index contributed by atoms with van der Waals surface area (Å²) in [5.74, 6) is 1.43. The van der Waals surface area contributed by atoms with E-state index in [-0.39, 0.29) is 0 Å². The van der Waals surface area contributed by atoms with Crippen molar-refractivity contribution in [1.29, 1.82) is 10.5 Å². The van der Waals surface area contributed by atoms with E-state index >= 15 is 0 Å².